The van der Waals surface area contributed by atoms with Gasteiger partial charge in [0.25, 0.3) is 0 Å². The highest BCUT2D eigenvalue weighted by Crippen LogP contribution is 2.21. The number of fused-ring (bicyclic) bond motifs is 1. The standard InChI is InChI=1S/C14H18N2O3/c1-4-19-8-13-15-11-5-9(2)10(3)6-12(11)16(13)7-14(17)18/h5-6H,4,7-8H2,1-3H3,(H,17,18). The van der Waals surface area contributed by atoms with E-state index in [1.54, 1.807) is 4.57 Å². The minimum atomic E-state index is -0.879. The molecule has 1 aromatic carbocycles. The van der Waals surface area contributed by atoms with E-state index >= 15 is 0 Å². The molecule has 0 fully saturated rings. The largest absolute Gasteiger partial charge is 0.480 e. The van der Waals surface area contributed by atoms with Crippen LogP contribution in [-0.2, 0) is 22.7 Å². The lowest BCUT2D eigenvalue weighted by Crippen LogP contribution is -2.12. The van der Waals surface area contributed by atoms with Crippen molar-refractivity contribution in [1.29, 1.82) is 0 Å². The molecule has 0 aliphatic rings. The highest BCUT2D eigenvalue weighted by Gasteiger charge is 2.14. The maximum absolute atomic E-state index is 11.0. The third kappa shape index (κ3) is 2.76. The van der Waals surface area contributed by atoms with Gasteiger partial charge in [0, 0.05) is 6.61 Å². The van der Waals surface area contributed by atoms with E-state index in [4.69, 9.17) is 9.84 Å². The number of benzene rings is 1. The molecule has 0 aliphatic heterocycles. The van der Waals surface area contributed by atoms with Gasteiger partial charge in [-0.15, -0.1) is 0 Å². The average Bonchev–Trinajstić information content (AvgIpc) is 2.65. The van der Waals surface area contributed by atoms with Crippen molar-refractivity contribution in [2.75, 3.05) is 6.61 Å². The van der Waals surface area contributed by atoms with Crippen LogP contribution in [0.5, 0.6) is 0 Å². The fraction of sp³-hybridized carbons (Fsp3) is 0.429. The molecule has 0 saturated heterocycles. The highest BCUT2D eigenvalue weighted by atomic mass is 16.5. The second-order valence-corrected chi connectivity index (χ2v) is 4.57. The number of rotatable bonds is 5. The van der Waals surface area contributed by atoms with Crippen LogP contribution in [0.25, 0.3) is 11.0 Å². The van der Waals surface area contributed by atoms with Gasteiger partial charge in [-0.2, -0.15) is 0 Å². The number of ether oxygens (including phenoxy) is 1. The molecule has 1 aromatic heterocycles. The van der Waals surface area contributed by atoms with Gasteiger partial charge in [-0.3, -0.25) is 4.79 Å². The van der Waals surface area contributed by atoms with Crippen molar-refractivity contribution >= 4 is 17.0 Å². The van der Waals surface area contributed by atoms with Crippen molar-refractivity contribution in [2.45, 2.75) is 33.9 Å². The molecule has 1 N–H and O–H groups in total. The molecule has 2 rings (SSSR count). The summed E-state index contributed by atoms with van der Waals surface area (Å²) in [6.07, 6.45) is 0. The van der Waals surface area contributed by atoms with E-state index in [0.29, 0.717) is 19.0 Å². The number of aromatic nitrogens is 2. The zero-order valence-corrected chi connectivity index (χ0v) is 11.4. The first kappa shape index (κ1) is 13.5. The molecule has 0 bridgehead atoms. The Morgan fingerprint density at radius 1 is 1.37 bits per heavy atom. The maximum atomic E-state index is 11.0. The number of imidazole rings is 1. The molecule has 19 heavy (non-hydrogen) atoms. The zero-order valence-electron chi connectivity index (χ0n) is 11.4. The summed E-state index contributed by atoms with van der Waals surface area (Å²) in [6, 6.07) is 3.97. The molecule has 0 radical (unpaired) electrons. The number of carbonyl (C=O) groups is 1. The molecule has 0 saturated carbocycles. The summed E-state index contributed by atoms with van der Waals surface area (Å²) in [5.41, 5.74) is 3.94. The number of hydrogen-bond donors (Lipinski definition) is 1. The van der Waals surface area contributed by atoms with Crippen LogP contribution in [0.2, 0.25) is 0 Å². The van der Waals surface area contributed by atoms with Crippen LogP contribution >= 0.6 is 0 Å². The van der Waals surface area contributed by atoms with Crippen molar-refractivity contribution in [3.8, 4) is 0 Å². The summed E-state index contributed by atoms with van der Waals surface area (Å²) in [5, 5.41) is 9.03. The normalized spacial score (nSPS) is 11.1. The summed E-state index contributed by atoms with van der Waals surface area (Å²) >= 11 is 0. The molecular weight excluding hydrogens is 244 g/mol. The van der Waals surface area contributed by atoms with Crippen LogP contribution in [-0.4, -0.2) is 27.2 Å². The van der Waals surface area contributed by atoms with Crippen molar-refractivity contribution in [1.82, 2.24) is 9.55 Å². The fourth-order valence-corrected chi connectivity index (χ4v) is 2.05. The summed E-state index contributed by atoms with van der Waals surface area (Å²) in [5.74, 6) is -0.223. The molecule has 0 aliphatic carbocycles. The Morgan fingerprint density at radius 2 is 2.05 bits per heavy atom. The van der Waals surface area contributed by atoms with E-state index in [1.807, 2.05) is 32.9 Å². The maximum Gasteiger partial charge on any atom is 0.323 e. The Hall–Kier alpha value is -1.88. The lowest BCUT2D eigenvalue weighted by Gasteiger charge is -2.07. The quantitative estimate of drug-likeness (QED) is 0.897. The monoisotopic (exact) mass is 262 g/mol. The average molecular weight is 262 g/mol. The molecular formula is C14H18N2O3. The predicted octanol–water partition coefficient (Wildman–Crippen LogP) is 2.27. The summed E-state index contributed by atoms with van der Waals surface area (Å²) < 4.78 is 7.06. The molecule has 0 spiro atoms. The Morgan fingerprint density at radius 3 is 2.68 bits per heavy atom. The van der Waals surface area contributed by atoms with Gasteiger partial charge in [0.2, 0.25) is 0 Å². The Kier molecular flexibility index (Phi) is 3.85. The van der Waals surface area contributed by atoms with Crippen LogP contribution < -0.4 is 0 Å². The van der Waals surface area contributed by atoms with E-state index in [1.165, 1.54) is 0 Å². The van der Waals surface area contributed by atoms with E-state index in [2.05, 4.69) is 4.98 Å². The van der Waals surface area contributed by atoms with Crippen LogP contribution in [0.1, 0.15) is 23.9 Å². The van der Waals surface area contributed by atoms with Gasteiger partial charge in [0.1, 0.15) is 19.0 Å². The number of nitrogens with zero attached hydrogens (tertiary/aromatic N) is 2. The second kappa shape index (κ2) is 5.40. The molecule has 1 heterocycles. The van der Waals surface area contributed by atoms with Crippen molar-refractivity contribution in [2.24, 2.45) is 0 Å². The van der Waals surface area contributed by atoms with Gasteiger partial charge in [-0.05, 0) is 44.0 Å². The number of carboxylic acids is 1. The number of hydrogen-bond acceptors (Lipinski definition) is 3. The first-order chi connectivity index (χ1) is 9.02. The predicted molar refractivity (Wildman–Crippen MR) is 72.2 cm³/mol. The van der Waals surface area contributed by atoms with Gasteiger partial charge >= 0.3 is 5.97 Å². The summed E-state index contributed by atoms with van der Waals surface area (Å²) in [6.45, 7) is 6.74. The van der Waals surface area contributed by atoms with Crippen molar-refractivity contribution in [3.63, 3.8) is 0 Å². The van der Waals surface area contributed by atoms with Gasteiger partial charge in [-0.25, -0.2) is 4.98 Å². The Labute approximate surface area is 111 Å². The molecule has 0 amide bonds. The highest BCUT2D eigenvalue weighted by molar-refractivity contribution is 5.80. The van der Waals surface area contributed by atoms with E-state index < -0.39 is 5.97 Å². The fourth-order valence-electron chi connectivity index (χ4n) is 2.05. The zero-order chi connectivity index (χ0) is 14.0. The Bertz CT molecular complexity index is 617. The molecule has 0 atom stereocenters. The van der Waals surface area contributed by atoms with Gasteiger partial charge in [0.15, 0.2) is 0 Å². The second-order valence-electron chi connectivity index (χ2n) is 4.57. The van der Waals surface area contributed by atoms with E-state index in [9.17, 15) is 4.79 Å². The first-order valence-corrected chi connectivity index (χ1v) is 6.28. The molecule has 102 valence electrons. The summed E-state index contributed by atoms with van der Waals surface area (Å²) in [7, 11) is 0. The molecule has 2 aromatic rings. The third-order valence-electron chi connectivity index (χ3n) is 3.17. The minimum absolute atomic E-state index is 0.0958. The van der Waals surface area contributed by atoms with Crippen LogP contribution in [0.4, 0.5) is 0 Å². The summed E-state index contributed by atoms with van der Waals surface area (Å²) in [4.78, 5) is 15.5. The topological polar surface area (TPSA) is 64.4 Å². The number of carboxylic acid groups (broad SMARTS) is 1. The molecule has 5 nitrogen and oxygen atoms in total. The van der Waals surface area contributed by atoms with Crippen molar-refractivity contribution in [3.05, 3.63) is 29.1 Å². The van der Waals surface area contributed by atoms with Crippen LogP contribution in [0, 0.1) is 13.8 Å². The number of aliphatic carboxylic acids is 1. The van der Waals surface area contributed by atoms with Crippen molar-refractivity contribution < 1.29 is 14.6 Å². The van der Waals surface area contributed by atoms with E-state index in [0.717, 1.165) is 22.2 Å². The lowest BCUT2D eigenvalue weighted by molar-refractivity contribution is -0.137. The first-order valence-electron chi connectivity index (χ1n) is 6.28. The smallest absolute Gasteiger partial charge is 0.323 e. The van der Waals surface area contributed by atoms with Gasteiger partial charge in [-0.1, -0.05) is 0 Å². The number of aryl methyl sites for hydroxylation is 2. The minimum Gasteiger partial charge on any atom is -0.480 e. The molecule has 5 heteroatoms. The SMILES string of the molecule is CCOCc1nc2cc(C)c(C)cc2n1CC(=O)O. The van der Waals surface area contributed by atoms with Gasteiger partial charge in [0.05, 0.1) is 11.0 Å². The van der Waals surface area contributed by atoms with Crippen LogP contribution in [0.15, 0.2) is 12.1 Å². The van der Waals surface area contributed by atoms with Crippen LogP contribution in [0.3, 0.4) is 0 Å². The third-order valence-corrected chi connectivity index (χ3v) is 3.17. The van der Waals surface area contributed by atoms with Gasteiger partial charge < -0.3 is 14.4 Å². The molecule has 0 unspecified atom stereocenters. The van der Waals surface area contributed by atoms with E-state index in [-0.39, 0.29) is 6.54 Å². The Balaban J connectivity index is 2.55. The lowest BCUT2D eigenvalue weighted by atomic mass is 10.1.